The Morgan fingerprint density at radius 2 is 1.83 bits per heavy atom. The molecule has 0 N–H and O–H groups in total. The van der Waals surface area contributed by atoms with Gasteiger partial charge in [0.25, 0.3) is 15.9 Å². The summed E-state index contributed by atoms with van der Waals surface area (Å²) in [5, 5.41) is 0. The highest BCUT2D eigenvalue weighted by atomic mass is 32.2. The van der Waals surface area contributed by atoms with Crippen molar-refractivity contribution >= 4 is 26.7 Å². The molecule has 1 fully saturated rings. The SMILES string of the molecule is CC1=C(c2ccc(C)c(C)c2)S(=O)(=O)N=C1N1CCCN(C(=O)c2ccco2)CC1. The number of aryl methyl sites for hydroxylation is 2. The number of carbonyl (C=O) groups excluding carboxylic acids is 1. The van der Waals surface area contributed by atoms with Crippen LogP contribution in [0.4, 0.5) is 0 Å². The molecule has 8 heteroatoms. The van der Waals surface area contributed by atoms with Crippen LogP contribution in [-0.2, 0) is 10.0 Å². The first-order chi connectivity index (χ1) is 14.3. The molecule has 1 aromatic heterocycles. The van der Waals surface area contributed by atoms with E-state index in [1.807, 2.05) is 43.9 Å². The first-order valence-corrected chi connectivity index (χ1v) is 11.4. The van der Waals surface area contributed by atoms with E-state index < -0.39 is 10.0 Å². The average Bonchev–Trinajstić information content (AvgIpc) is 3.23. The van der Waals surface area contributed by atoms with Crippen molar-refractivity contribution in [3.05, 3.63) is 64.6 Å². The maximum Gasteiger partial charge on any atom is 0.289 e. The summed E-state index contributed by atoms with van der Waals surface area (Å²) in [5.74, 6) is 0.652. The summed E-state index contributed by atoms with van der Waals surface area (Å²) >= 11 is 0. The minimum Gasteiger partial charge on any atom is -0.459 e. The highest BCUT2D eigenvalue weighted by Gasteiger charge is 2.34. The van der Waals surface area contributed by atoms with Crippen LogP contribution in [0.5, 0.6) is 0 Å². The van der Waals surface area contributed by atoms with Crippen molar-refractivity contribution in [1.82, 2.24) is 9.80 Å². The number of rotatable bonds is 2. The van der Waals surface area contributed by atoms with Gasteiger partial charge in [-0.25, -0.2) is 0 Å². The topological polar surface area (TPSA) is 83.2 Å². The van der Waals surface area contributed by atoms with Gasteiger partial charge in [-0.1, -0.05) is 18.2 Å². The van der Waals surface area contributed by atoms with Gasteiger partial charge in [-0.15, -0.1) is 4.40 Å². The summed E-state index contributed by atoms with van der Waals surface area (Å²) < 4.78 is 35.1. The number of sulfonamides is 1. The summed E-state index contributed by atoms with van der Waals surface area (Å²) in [6.07, 6.45) is 2.20. The minimum absolute atomic E-state index is 0.147. The molecule has 7 nitrogen and oxygen atoms in total. The molecule has 0 bridgehead atoms. The summed E-state index contributed by atoms with van der Waals surface area (Å²) in [6.45, 7) is 7.99. The number of hydrogen-bond acceptors (Lipinski definition) is 5. The highest BCUT2D eigenvalue weighted by Crippen LogP contribution is 2.34. The molecule has 0 spiro atoms. The first-order valence-electron chi connectivity index (χ1n) is 9.99. The van der Waals surface area contributed by atoms with E-state index in [1.165, 1.54) is 6.26 Å². The maximum absolute atomic E-state index is 12.9. The van der Waals surface area contributed by atoms with E-state index in [2.05, 4.69) is 4.40 Å². The Balaban J connectivity index is 1.58. The maximum atomic E-state index is 12.9. The molecule has 1 amide bonds. The summed E-state index contributed by atoms with van der Waals surface area (Å²) in [7, 11) is -3.76. The molecule has 0 radical (unpaired) electrons. The van der Waals surface area contributed by atoms with Crippen LogP contribution in [0.1, 0.15) is 40.6 Å². The van der Waals surface area contributed by atoms with Crippen LogP contribution in [0.3, 0.4) is 0 Å². The number of hydrogen-bond donors (Lipinski definition) is 0. The van der Waals surface area contributed by atoms with Crippen molar-refractivity contribution in [2.45, 2.75) is 27.2 Å². The van der Waals surface area contributed by atoms with E-state index in [-0.39, 0.29) is 10.8 Å². The number of carbonyl (C=O) groups is 1. The van der Waals surface area contributed by atoms with Crippen molar-refractivity contribution in [3.8, 4) is 0 Å². The molecular formula is C22H25N3O4S. The van der Waals surface area contributed by atoms with Crippen LogP contribution < -0.4 is 0 Å². The molecule has 0 atom stereocenters. The molecule has 0 saturated carbocycles. The van der Waals surface area contributed by atoms with Gasteiger partial charge in [0.2, 0.25) is 0 Å². The molecule has 158 valence electrons. The molecule has 0 aliphatic carbocycles. The third-order valence-electron chi connectivity index (χ3n) is 5.72. The van der Waals surface area contributed by atoms with Crippen LogP contribution in [0, 0.1) is 13.8 Å². The lowest BCUT2D eigenvalue weighted by atomic mass is 10.0. The lowest BCUT2D eigenvalue weighted by molar-refractivity contribution is 0.0732. The van der Waals surface area contributed by atoms with E-state index in [0.29, 0.717) is 48.9 Å². The van der Waals surface area contributed by atoms with Crippen LogP contribution >= 0.6 is 0 Å². The first kappa shape index (κ1) is 20.4. The fourth-order valence-electron chi connectivity index (χ4n) is 3.95. The predicted molar refractivity (Wildman–Crippen MR) is 116 cm³/mol. The largest absolute Gasteiger partial charge is 0.459 e. The Morgan fingerprint density at radius 1 is 1.03 bits per heavy atom. The molecule has 2 aromatic rings. The smallest absolute Gasteiger partial charge is 0.289 e. The van der Waals surface area contributed by atoms with E-state index in [9.17, 15) is 13.2 Å². The Morgan fingerprint density at radius 3 is 2.53 bits per heavy atom. The number of amides is 1. The Hall–Kier alpha value is -2.87. The van der Waals surface area contributed by atoms with Gasteiger partial charge >= 0.3 is 0 Å². The molecule has 0 unspecified atom stereocenters. The van der Waals surface area contributed by atoms with Gasteiger partial charge in [-0.05, 0) is 56.0 Å². The minimum atomic E-state index is -3.76. The number of furan rings is 1. The molecule has 1 aromatic carbocycles. The van der Waals surface area contributed by atoms with Gasteiger partial charge in [0.15, 0.2) is 5.76 Å². The molecule has 4 rings (SSSR count). The number of amidine groups is 1. The standard InChI is InChI=1S/C22H25N3O4S/c1-15-7-8-18(14-16(15)2)20-17(3)21(23-30(20,27)28)24-9-5-10-25(12-11-24)22(26)19-6-4-13-29-19/h4,6-8,13-14H,5,9-12H2,1-3H3. The number of benzene rings is 1. The van der Waals surface area contributed by atoms with Crippen molar-refractivity contribution in [3.63, 3.8) is 0 Å². The molecule has 2 aliphatic rings. The van der Waals surface area contributed by atoms with Crippen molar-refractivity contribution in [1.29, 1.82) is 0 Å². The fraction of sp³-hybridized carbons (Fsp3) is 0.364. The molecule has 30 heavy (non-hydrogen) atoms. The predicted octanol–water partition coefficient (Wildman–Crippen LogP) is 3.22. The number of nitrogens with zero attached hydrogens (tertiary/aromatic N) is 3. The summed E-state index contributed by atoms with van der Waals surface area (Å²) in [5.41, 5.74) is 3.48. The lowest BCUT2D eigenvalue weighted by Gasteiger charge is -2.23. The zero-order valence-electron chi connectivity index (χ0n) is 17.4. The van der Waals surface area contributed by atoms with E-state index in [0.717, 1.165) is 17.5 Å². The normalized spacial score (nSPS) is 19.1. The van der Waals surface area contributed by atoms with Gasteiger partial charge in [0, 0.05) is 31.8 Å². The Kier molecular flexibility index (Phi) is 5.27. The van der Waals surface area contributed by atoms with Crippen LogP contribution in [0.25, 0.3) is 4.91 Å². The van der Waals surface area contributed by atoms with Gasteiger partial charge < -0.3 is 14.2 Å². The second-order valence-corrected chi connectivity index (χ2v) is 9.29. The summed E-state index contributed by atoms with van der Waals surface area (Å²) in [6, 6.07) is 9.02. The van der Waals surface area contributed by atoms with Gasteiger partial charge in [-0.3, -0.25) is 4.79 Å². The molecule has 1 saturated heterocycles. The van der Waals surface area contributed by atoms with Gasteiger partial charge in [-0.2, -0.15) is 8.42 Å². The second-order valence-electron chi connectivity index (χ2n) is 7.75. The van der Waals surface area contributed by atoms with Crippen molar-refractivity contribution < 1.29 is 17.6 Å². The highest BCUT2D eigenvalue weighted by molar-refractivity contribution is 8.00. The Bertz CT molecular complexity index is 1150. The van der Waals surface area contributed by atoms with E-state index >= 15 is 0 Å². The van der Waals surface area contributed by atoms with Crippen molar-refractivity contribution in [2.24, 2.45) is 4.40 Å². The van der Waals surface area contributed by atoms with Gasteiger partial charge in [0.05, 0.1) is 6.26 Å². The third-order valence-corrected chi connectivity index (χ3v) is 7.20. The fourth-order valence-corrected chi connectivity index (χ4v) is 5.43. The quantitative estimate of drug-likeness (QED) is 0.735. The zero-order valence-corrected chi connectivity index (χ0v) is 18.2. The Labute approximate surface area is 176 Å². The van der Waals surface area contributed by atoms with Crippen LogP contribution in [0.2, 0.25) is 0 Å². The summed E-state index contributed by atoms with van der Waals surface area (Å²) in [4.78, 5) is 16.6. The van der Waals surface area contributed by atoms with E-state index in [4.69, 9.17) is 4.42 Å². The van der Waals surface area contributed by atoms with Gasteiger partial charge in [0.1, 0.15) is 10.7 Å². The van der Waals surface area contributed by atoms with Crippen molar-refractivity contribution in [2.75, 3.05) is 26.2 Å². The van der Waals surface area contributed by atoms with Crippen LogP contribution in [0.15, 0.2) is 51.0 Å². The second kappa shape index (κ2) is 7.75. The average molecular weight is 428 g/mol. The zero-order chi connectivity index (χ0) is 21.5. The van der Waals surface area contributed by atoms with Crippen LogP contribution in [-0.4, -0.2) is 56.1 Å². The molecule has 3 heterocycles. The monoisotopic (exact) mass is 427 g/mol. The van der Waals surface area contributed by atoms with E-state index in [1.54, 1.807) is 17.0 Å². The lowest BCUT2D eigenvalue weighted by Crippen LogP contribution is -2.37. The molecular weight excluding hydrogens is 402 g/mol. The third kappa shape index (κ3) is 3.67. The molecule has 2 aliphatic heterocycles.